The van der Waals surface area contributed by atoms with Crippen molar-refractivity contribution in [3.8, 4) is 0 Å². The summed E-state index contributed by atoms with van der Waals surface area (Å²) in [6, 6.07) is 10.2. The van der Waals surface area contributed by atoms with Gasteiger partial charge < -0.3 is 14.2 Å². The van der Waals surface area contributed by atoms with E-state index in [1.165, 1.54) is 5.56 Å². The largest absolute Gasteiger partial charge is 0.353 e. The molecule has 0 aliphatic carbocycles. The van der Waals surface area contributed by atoms with Gasteiger partial charge in [-0.1, -0.05) is 44.2 Å². The van der Waals surface area contributed by atoms with E-state index in [9.17, 15) is 4.79 Å². The number of ether oxygens (including phenoxy) is 3. The molecule has 1 fully saturated rings. The average molecular weight is 292 g/mol. The number of rotatable bonds is 7. The number of ketones is 1. The normalized spacial score (nSPS) is 26.7. The van der Waals surface area contributed by atoms with Gasteiger partial charge in [-0.3, -0.25) is 4.79 Å². The summed E-state index contributed by atoms with van der Waals surface area (Å²) in [7, 11) is 1.59. The predicted molar refractivity (Wildman–Crippen MR) is 79.8 cm³/mol. The van der Waals surface area contributed by atoms with Crippen molar-refractivity contribution in [2.75, 3.05) is 13.7 Å². The second-order valence-electron chi connectivity index (χ2n) is 5.43. The highest BCUT2D eigenvalue weighted by Crippen LogP contribution is 2.36. The van der Waals surface area contributed by atoms with Gasteiger partial charge in [0.25, 0.3) is 0 Å². The summed E-state index contributed by atoms with van der Waals surface area (Å²) in [5.41, 5.74) is 1.21. The molecule has 4 heteroatoms. The van der Waals surface area contributed by atoms with E-state index >= 15 is 0 Å². The first kappa shape index (κ1) is 16.1. The first-order valence-corrected chi connectivity index (χ1v) is 7.52. The molecule has 1 aromatic carbocycles. The Labute approximate surface area is 126 Å². The molecule has 0 N–H and O–H groups in total. The van der Waals surface area contributed by atoms with Crippen molar-refractivity contribution in [1.82, 2.24) is 0 Å². The van der Waals surface area contributed by atoms with Crippen LogP contribution in [0.3, 0.4) is 0 Å². The molecule has 3 unspecified atom stereocenters. The number of hydrogen-bond acceptors (Lipinski definition) is 4. The minimum absolute atomic E-state index is 0.153. The predicted octanol–water partition coefficient (Wildman–Crippen LogP) is 2.95. The Morgan fingerprint density at radius 2 is 2.14 bits per heavy atom. The van der Waals surface area contributed by atoms with Crippen LogP contribution in [0.5, 0.6) is 0 Å². The van der Waals surface area contributed by atoms with Gasteiger partial charge in [-0.15, -0.1) is 0 Å². The quantitative estimate of drug-likeness (QED) is 0.775. The Morgan fingerprint density at radius 3 is 2.71 bits per heavy atom. The molecule has 0 spiro atoms. The van der Waals surface area contributed by atoms with Crippen molar-refractivity contribution >= 4 is 5.78 Å². The Morgan fingerprint density at radius 1 is 1.43 bits per heavy atom. The highest BCUT2D eigenvalue weighted by Gasteiger charge is 2.48. The molecule has 1 aromatic rings. The second kappa shape index (κ2) is 7.16. The van der Waals surface area contributed by atoms with Crippen LogP contribution in [-0.4, -0.2) is 31.6 Å². The molecule has 116 valence electrons. The molecule has 0 bridgehead atoms. The summed E-state index contributed by atoms with van der Waals surface area (Å²) in [5.74, 6) is -1.02. The van der Waals surface area contributed by atoms with Gasteiger partial charge in [0.2, 0.25) is 0 Å². The Bertz CT molecular complexity index is 459. The number of hydrogen-bond donors (Lipinski definition) is 0. The average Bonchev–Trinajstić information content (AvgIpc) is 2.97. The molecule has 21 heavy (non-hydrogen) atoms. The molecule has 0 radical (unpaired) electrons. The zero-order valence-electron chi connectivity index (χ0n) is 13.0. The van der Waals surface area contributed by atoms with Gasteiger partial charge in [-0.05, 0) is 12.0 Å². The third-order valence-corrected chi connectivity index (χ3v) is 4.15. The number of benzene rings is 1. The molecule has 1 heterocycles. The third-order valence-electron chi connectivity index (χ3n) is 4.15. The number of carbonyl (C=O) groups is 1. The van der Waals surface area contributed by atoms with Crippen LogP contribution in [0.15, 0.2) is 30.3 Å². The maximum atomic E-state index is 12.1. The van der Waals surface area contributed by atoms with Crippen molar-refractivity contribution in [2.45, 2.75) is 45.2 Å². The van der Waals surface area contributed by atoms with E-state index in [1.54, 1.807) is 7.11 Å². The fourth-order valence-electron chi connectivity index (χ4n) is 2.71. The van der Waals surface area contributed by atoms with E-state index in [4.69, 9.17) is 14.2 Å². The first-order chi connectivity index (χ1) is 10.1. The van der Waals surface area contributed by atoms with Crippen molar-refractivity contribution in [3.05, 3.63) is 35.9 Å². The Hall–Kier alpha value is -1.23. The molecular weight excluding hydrogens is 268 g/mol. The van der Waals surface area contributed by atoms with E-state index in [0.717, 1.165) is 6.42 Å². The summed E-state index contributed by atoms with van der Waals surface area (Å²) in [6.07, 6.45) is 1.54. The smallest absolute Gasteiger partial charge is 0.184 e. The Balaban J connectivity index is 2.11. The van der Waals surface area contributed by atoms with Gasteiger partial charge in [0.1, 0.15) is 12.4 Å². The van der Waals surface area contributed by atoms with Gasteiger partial charge in [-0.25, -0.2) is 0 Å². The topological polar surface area (TPSA) is 44.8 Å². The number of methoxy groups -OCH3 is 1. The van der Waals surface area contributed by atoms with E-state index in [-0.39, 0.29) is 11.7 Å². The van der Waals surface area contributed by atoms with Gasteiger partial charge >= 0.3 is 0 Å². The third kappa shape index (κ3) is 3.70. The molecule has 3 atom stereocenters. The molecule has 1 saturated heterocycles. The monoisotopic (exact) mass is 292 g/mol. The van der Waals surface area contributed by atoms with E-state index in [2.05, 4.69) is 12.1 Å². The fraction of sp³-hybridized carbons (Fsp3) is 0.588. The van der Waals surface area contributed by atoms with Crippen molar-refractivity contribution in [2.24, 2.45) is 5.92 Å². The lowest BCUT2D eigenvalue weighted by molar-refractivity contribution is -0.231. The van der Waals surface area contributed by atoms with Crippen LogP contribution >= 0.6 is 0 Å². The zero-order valence-corrected chi connectivity index (χ0v) is 13.0. The second-order valence-corrected chi connectivity index (χ2v) is 5.43. The van der Waals surface area contributed by atoms with Crippen LogP contribution in [-0.2, 0) is 25.4 Å². The molecule has 0 amide bonds. The summed E-state index contributed by atoms with van der Waals surface area (Å²) < 4.78 is 17.0. The lowest BCUT2D eigenvalue weighted by Crippen LogP contribution is -2.43. The maximum Gasteiger partial charge on any atom is 0.184 e. The maximum absolute atomic E-state index is 12.1. The molecule has 1 aliphatic heterocycles. The van der Waals surface area contributed by atoms with Gasteiger partial charge in [0.15, 0.2) is 12.1 Å². The number of carbonyl (C=O) groups excluding carboxylic acids is 1. The van der Waals surface area contributed by atoms with Gasteiger partial charge in [0, 0.05) is 20.0 Å². The first-order valence-electron chi connectivity index (χ1n) is 7.52. The van der Waals surface area contributed by atoms with Crippen molar-refractivity contribution in [1.29, 1.82) is 0 Å². The fourth-order valence-corrected chi connectivity index (χ4v) is 2.71. The van der Waals surface area contributed by atoms with Crippen LogP contribution in [0.4, 0.5) is 0 Å². The number of aryl methyl sites for hydroxylation is 1. The van der Waals surface area contributed by atoms with Crippen molar-refractivity contribution in [3.63, 3.8) is 0 Å². The van der Waals surface area contributed by atoms with Gasteiger partial charge in [-0.2, -0.15) is 0 Å². The molecule has 2 rings (SSSR count). The standard InChI is InChI=1S/C17H24O4/c1-4-15(18)13(2)17(20-12-16(19-3)21-17)11-10-14-8-6-5-7-9-14/h5-9,13,16H,4,10-12H2,1-3H3. The minimum atomic E-state index is -0.871. The van der Waals surface area contributed by atoms with Crippen LogP contribution in [0.1, 0.15) is 32.3 Å². The lowest BCUT2D eigenvalue weighted by Gasteiger charge is -2.33. The highest BCUT2D eigenvalue weighted by molar-refractivity contribution is 5.81. The number of Topliss-reactive ketones (excluding diaryl/α,β-unsaturated/α-hetero) is 1. The zero-order chi connectivity index (χ0) is 15.3. The summed E-state index contributed by atoms with van der Waals surface area (Å²) in [6.45, 7) is 4.12. The molecule has 4 nitrogen and oxygen atoms in total. The SMILES string of the molecule is CCC(=O)C(C)C1(CCc2ccccc2)OCC(OC)O1. The molecule has 1 aliphatic rings. The molecule has 0 aromatic heterocycles. The summed E-state index contributed by atoms with van der Waals surface area (Å²) >= 11 is 0. The van der Waals surface area contributed by atoms with Crippen LogP contribution in [0.2, 0.25) is 0 Å². The minimum Gasteiger partial charge on any atom is -0.353 e. The molecule has 0 saturated carbocycles. The lowest BCUT2D eigenvalue weighted by atomic mass is 9.89. The van der Waals surface area contributed by atoms with Crippen LogP contribution in [0.25, 0.3) is 0 Å². The summed E-state index contributed by atoms with van der Waals surface area (Å²) in [4.78, 5) is 12.1. The van der Waals surface area contributed by atoms with E-state index < -0.39 is 12.1 Å². The highest BCUT2D eigenvalue weighted by atomic mass is 16.8. The summed E-state index contributed by atoms with van der Waals surface area (Å²) in [5, 5.41) is 0. The van der Waals surface area contributed by atoms with Crippen LogP contribution in [0, 0.1) is 5.92 Å². The Kier molecular flexibility index (Phi) is 5.51. The van der Waals surface area contributed by atoms with Crippen molar-refractivity contribution < 1.29 is 19.0 Å². The van der Waals surface area contributed by atoms with E-state index in [0.29, 0.717) is 19.4 Å². The van der Waals surface area contributed by atoms with Crippen LogP contribution < -0.4 is 0 Å². The van der Waals surface area contributed by atoms with Gasteiger partial charge in [0.05, 0.1) is 5.92 Å². The van der Waals surface area contributed by atoms with E-state index in [1.807, 2.05) is 32.0 Å². The molecular formula is C17H24O4.